The molecule has 2 heterocycles. The molecule has 1 nitrogen and oxygen atoms in total. The summed E-state index contributed by atoms with van der Waals surface area (Å²) >= 11 is 1.03. The first kappa shape index (κ1) is 16.3. The Morgan fingerprint density at radius 3 is 1.48 bits per heavy atom. The van der Waals surface area contributed by atoms with Crippen LogP contribution in [0.1, 0.15) is 9.75 Å². The standard InChI is InChI=1S/C12H8F6OS2/c13-9(11(15,16)7-3-1-5-20-7)19-10(14)12(17,18)8-4-2-6-21-8/h1-6,9-10H/t9-,10-/m1/s1. The lowest BCUT2D eigenvalue weighted by Crippen LogP contribution is -2.37. The van der Waals surface area contributed by atoms with Gasteiger partial charge in [0.25, 0.3) is 12.7 Å². The van der Waals surface area contributed by atoms with Gasteiger partial charge >= 0.3 is 11.8 Å². The molecular formula is C12H8F6OS2. The van der Waals surface area contributed by atoms with Crippen LogP contribution in [-0.2, 0) is 16.6 Å². The van der Waals surface area contributed by atoms with E-state index in [0.717, 1.165) is 12.1 Å². The summed E-state index contributed by atoms with van der Waals surface area (Å²) in [6.07, 6.45) is -7.03. The molecule has 116 valence electrons. The third kappa shape index (κ3) is 3.24. The van der Waals surface area contributed by atoms with Gasteiger partial charge in [0.2, 0.25) is 0 Å². The molecule has 2 aromatic heterocycles. The van der Waals surface area contributed by atoms with E-state index in [0.29, 0.717) is 22.7 Å². The van der Waals surface area contributed by atoms with Crippen LogP contribution in [0.2, 0.25) is 0 Å². The molecule has 0 bridgehead atoms. The van der Waals surface area contributed by atoms with E-state index < -0.39 is 34.3 Å². The smallest absolute Gasteiger partial charge is 0.303 e. The van der Waals surface area contributed by atoms with Crippen molar-refractivity contribution in [2.24, 2.45) is 0 Å². The molecule has 9 heteroatoms. The van der Waals surface area contributed by atoms with Gasteiger partial charge in [-0.1, -0.05) is 12.1 Å². The molecule has 0 unspecified atom stereocenters. The van der Waals surface area contributed by atoms with Crippen molar-refractivity contribution in [3.05, 3.63) is 44.8 Å². The van der Waals surface area contributed by atoms with E-state index in [1.807, 2.05) is 0 Å². The zero-order valence-corrected chi connectivity index (χ0v) is 11.7. The van der Waals surface area contributed by atoms with Crippen molar-refractivity contribution >= 4 is 22.7 Å². The summed E-state index contributed by atoms with van der Waals surface area (Å²) in [6.45, 7) is 0. The van der Waals surface area contributed by atoms with E-state index in [9.17, 15) is 26.3 Å². The van der Waals surface area contributed by atoms with Crippen LogP contribution in [0.15, 0.2) is 35.0 Å². The van der Waals surface area contributed by atoms with Crippen LogP contribution in [0, 0.1) is 0 Å². The normalized spacial score (nSPS) is 15.9. The van der Waals surface area contributed by atoms with Gasteiger partial charge in [-0.05, 0) is 22.9 Å². The molecular weight excluding hydrogens is 338 g/mol. The topological polar surface area (TPSA) is 9.23 Å². The highest BCUT2D eigenvalue weighted by Gasteiger charge is 2.51. The molecule has 0 amide bonds. The third-order valence-electron chi connectivity index (χ3n) is 2.51. The van der Waals surface area contributed by atoms with Gasteiger partial charge in [-0.25, -0.2) is 8.78 Å². The molecule has 0 radical (unpaired) electrons. The summed E-state index contributed by atoms with van der Waals surface area (Å²) < 4.78 is 84.8. The van der Waals surface area contributed by atoms with Gasteiger partial charge in [-0.2, -0.15) is 17.6 Å². The van der Waals surface area contributed by atoms with Crippen LogP contribution >= 0.6 is 22.7 Å². The highest BCUT2D eigenvalue weighted by Crippen LogP contribution is 2.42. The number of alkyl halides is 6. The Hall–Kier alpha value is -1.06. The highest BCUT2D eigenvalue weighted by atomic mass is 32.1. The second-order valence-electron chi connectivity index (χ2n) is 3.97. The number of hydrogen-bond acceptors (Lipinski definition) is 3. The Morgan fingerprint density at radius 1 is 0.810 bits per heavy atom. The highest BCUT2D eigenvalue weighted by molar-refractivity contribution is 7.10. The van der Waals surface area contributed by atoms with Gasteiger partial charge in [-0.15, -0.1) is 22.7 Å². The summed E-state index contributed by atoms with van der Waals surface area (Å²) in [5, 5.41) is 2.51. The van der Waals surface area contributed by atoms with E-state index in [-0.39, 0.29) is 0 Å². The number of hydrogen-bond donors (Lipinski definition) is 0. The van der Waals surface area contributed by atoms with Crippen LogP contribution in [-0.4, -0.2) is 12.7 Å². The van der Waals surface area contributed by atoms with Gasteiger partial charge < -0.3 is 4.74 Å². The Morgan fingerprint density at radius 2 is 1.19 bits per heavy atom. The fourth-order valence-corrected chi connectivity index (χ4v) is 2.86. The lowest BCUT2D eigenvalue weighted by Gasteiger charge is -2.25. The third-order valence-corrected chi connectivity index (χ3v) is 4.42. The molecule has 21 heavy (non-hydrogen) atoms. The van der Waals surface area contributed by atoms with Gasteiger partial charge in [0.15, 0.2) is 0 Å². The van der Waals surface area contributed by atoms with Gasteiger partial charge in [0.05, 0.1) is 9.75 Å². The fourth-order valence-electron chi connectivity index (χ4n) is 1.44. The maximum Gasteiger partial charge on any atom is 0.336 e. The average Bonchev–Trinajstić information content (AvgIpc) is 3.11. The molecule has 0 aromatic carbocycles. The van der Waals surface area contributed by atoms with Gasteiger partial charge in [0, 0.05) is 0 Å². The number of thiophene rings is 2. The SMILES string of the molecule is F[C@H](O[C@@H](F)C(F)(F)c1cccs1)C(F)(F)c1cccs1. The second kappa shape index (κ2) is 5.98. The summed E-state index contributed by atoms with van der Waals surface area (Å²) in [6, 6.07) is 4.28. The van der Waals surface area contributed by atoms with Crippen LogP contribution in [0.5, 0.6) is 0 Å². The molecule has 0 aliphatic heterocycles. The van der Waals surface area contributed by atoms with Crippen molar-refractivity contribution in [1.82, 2.24) is 0 Å². The predicted molar refractivity (Wildman–Crippen MR) is 67.3 cm³/mol. The molecule has 2 aromatic rings. The molecule has 0 spiro atoms. The van der Waals surface area contributed by atoms with Crippen LogP contribution in [0.25, 0.3) is 0 Å². The van der Waals surface area contributed by atoms with E-state index in [4.69, 9.17) is 0 Å². The summed E-state index contributed by atoms with van der Waals surface area (Å²) in [4.78, 5) is -1.47. The zero-order valence-electron chi connectivity index (χ0n) is 10.1. The minimum atomic E-state index is -4.20. The first-order chi connectivity index (χ1) is 9.76. The molecule has 2 rings (SSSR count). The molecule has 0 aliphatic rings. The average molecular weight is 346 g/mol. The first-order valence-corrected chi connectivity index (χ1v) is 7.29. The van der Waals surface area contributed by atoms with E-state index in [2.05, 4.69) is 4.74 Å². The number of rotatable bonds is 6. The summed E-state index contributed by atoms with van der Waals surface area (Å²) in [7, 11) is 0. The Balaban J connectivity index is 2.10. The van der Waals surface area contributed by atoms with Crippen molar-refractivity contribution in [2.45, 2.75) is 24.6 Å². The molecule has 0 N–H and O–H groups in total. The molecule has 0 fully saturated rings. The summed E-state index contributed by atoms with van der Waals surface area (Å²) in [5.74, 6) is -8.41. The van der Waals surface area contributed by atoms with Gasteiger partial charge in [-0.3, -0.25) is 0 Å². The number of ether oxygens (including phenoxy) is 1. The quantitative estimate of drug-likeness (QED) is 0.645. The lowest BCUT2D eigenvalue weighted by atomic mass is 10.2. The lowest BCUT2D eigenvalue weighted by molar-refractivity contribution is -0.293. The second-order valence-corrected chi connectivity index (χ2v) is 5.86. The maximum atomic E-state index is 13.6. The molecule has 0 aliphatic carbocycles. The maximum absolute atomic E-state index is 13.6. The zero-order chi connectivity index (χ0) is 15.7. The van der Waals surface area contributed by atoms with E-state index in [1.165, 1.54) is 22.9 Å². The Kier molecular flexibility index (Phi) is 4.64. The van der Waals surface area contributed by atoms with Crippen molar-refractivity contribution in [3.63, 3.8) is 0 Å². The Labute approximate surface area is 123 Å². The van der Waals surface area contributed by atoms with Crippen molar-refractivity contribution < 1.29 is 31.1 Å². The largest absolute Gasteiger partial charge is 0.336 e. The van der Waals surface area contributed by atoms with Crippen molar-refractivity contribution in [2.75, 3.05) is 0 Å². The van der Waals surface area contributed by atoms with Crippen molar-refractivity contribution in [1.29, 1.82) is 0 Å². The molecule has 0 saturated carbocycles. The predicted octanol–water partition coefficient (Wildman–Crippen LogP) is 5.30. The molecule has 2 atom stereocenters. The van der Waals surface area contributed by atoms with Crippen molar-refractivity contribution in [3.8, 4) is 0 Å². The minimum Gasteiger partial charge on any atom is -0.303 e. The van der Waals surface area contributed by atoms with Crippen LogP contribution in [0.3, 0.4) is 0 Å². The summed E-state index contributed by atoms with van der Waals surface area (Å²) in [5.41, 5.74) is 0. The molecule has 0 saturated heterocycles. The first-order valence-electron chi connectivity index (χ1n) is 5.53. The minimum absolute atomic E-state index is 0.513. The number of halogens is 6. The van der Waals surface area contributed by atoms with Crippen LogP contribution in [0.4, 0.5) is 26.3 Å². The van der Waals surface area contributed by atoms with Crippen LogP contribution < -0.4 is 0 Å². The van der Waals surface area contributed by atoms with E-state index >= 15 is 0 Å². The van der Waals surface area contributed by atoms with Gasteiger partial charge in [0.1, 0.15) is 0 Å². The van der Waals surface area contributed by atoms with E-state index in [1.54, 1.807) is 0 Å². The monoisotopic (exact) mass is 346 g/mol. The fraction of sp³-hybridized carbons (Fsp3) is 0.333. The Bertz CT molecular complexity index is 504.